The molecule has 0 bridgehead atoms. The molecule has 0 heterocycles. The molecule has 0 N–H and O–H groups in total. The molecular weight excluding hydrogens is 252 g/mol. The first-order valence-corrected chi connectivity index (χ1v) is 8.60. The molecule has 0 aliphatic heterocycles. The summed E-state index contributed by atoms with van der Waals surface area (Å²) in [6.07, 6.45) is 22.8. The second-order valence-electron chi connectivity index (χ2n) is 6.32. The molecule has 2 aliphatic carbocycles. The van der Waals surface area contributed by atoms with Crippen molar-refractivity contribution in [3.8, 4) is 0 Å². The van der Waals surface area contributed by atoms with Crippen LogP contribution in [-0.2, 0) is 0 Å². The molecular formula is C21H33. The van der Waals surface area contributed by atoms with Gasteiger partial charge in [0.05, 0.1) is 0 Å². The highest BCUT2D eigenvalue weighted by atomic mass is 14.2. The maximum atomic E-state index is 3.31. The lowest BCUT2D eigenvalue weighted by Gasteiger charge is -2.22. The van der Waals surface area contributed by atoms with E-state index in [9.17, 15) is 0 Å². The van der Waals surface area contributed by atoms with Gasteiger partial charge in [0.25, 0.3) is 0 Å². The fourth-order valence-corrected chi connectivity index (χ4v) is 3.22. The quantitative estimate of drug-likeness (QED) is 0.274. The molecule has 0 heteroatoms. The van der Waals surface area contributed by atoms with E-state index in [2.05, 4.69) is 43.0 Å². The lowest BCUT2D eigenvalue weighted by molar-refractivity contribution is 0.339. The average molecular weight is 285 g/mol. The van der Waals surface area contributed by atoms with E-state index in [1.54, 1.807) is 0 Å². The first kappa shape index (κ1) is 18.1. The van der Waals surface area contributed by atoms with Crippen molar-refractivity contribution < 1.29 is 0 Å². The first-order chi connectivity index (χ1) is 9.88. The first-order valence-electron chi connectivity index (χ1n) is 8.60. The number of rotatable bonds is 7. The molecule has 0 saturated heterocycles. The van der Waals surface area contributed by atoms with Crippen LogP contribution in [0.1, 0.15) is 78.6 Å². The van der Waals surface area contributed by atoms with Crippen LogP contribution >= 0.6 is 0 Å². The van der Waals surface area contributed by atoms with Gasteiger partial charge in [0.2, 0.25) is 0 Å². The minimum atomic E-state index is 0. The molecule has 2 rings (SSSR count). The highest BCUT2D eigenvalue weighted by Crippen LogP contribution is 2.30. The van der Waals surface area contributed by atoms with E-state index >= 15 is 0 Å². The normalized spacial score (nSPS) is 22.3. The summed E-state index contributed by atoms with van der Waals surface area (Å²) in [6.45, 7) is 2.25. The van der Waals surface area contributed by atoms with Crippen molar-refractivity contribution in [2.45, 2.75) is 78.6 Å². The van der Waals surface area contributed by atoms with E-state index < -0.39 is 0 Å². The van der Waals surface area contributed by atoms with Crippen LogP contribution in [0.4, 0.5) is 0 Å². The van der Waals surface area contributed by atoms with E-state index in [-0.39, 0.29) is 7.43 Å². The summed E-state index contributed by atoms with van der Waals surface area (Å²) >= 11 is 0. The minimum absolute atomic E-state index is 0. The van der Waals surface area contributed by atoms with Gasteiger partial charge in [-0.05, 0) is 36.8 Å². The zero-order chi connectivity index (χ0) is 14.0. The fourth-order valence-electron chi connectivity index (χ4n) is 3.22. The smallest absolute Gasteiger partial charge is 0.0107 e. The van der Waals surface area contributed by atoms with E-state index in [0.29, 0.717) is 5.92 Å². The zero-order valence-corrected chi connectivity index (χ0v) is 13.0. The summed E-state index contributed by atoms with van der Waals surface area (Å²) < 4.78 is 0. The average Bonchev–Trinajstić information content (AvgIpc) is 2.51. The second kappa shape index (κ2) is 10.7. The molecule has 1 saturated carbocycles. The van der Waals surface area contributed by atoms with Gasteiger partial charge in [-0.3, -0.25) is 0 Å². The van der Waals surface area contributed by atoms with Gasteiger partial charge in [0.1, 0.15) is 0 Å². The molecule has 1 unspecified atom stereocenters. The highest BCUT2D eigenvalue weighted by molar-refractivity contribution is 5.25. The number of allylic oxidation sites excluding steroid dienone is 4. The van der Waals surface area contributed by atoms with Gasteiger partial charge in [-0.1, -0.05) is 82.9 Å². The molecule has 1 atom stereocenters. The Labute approximate surface area is 132 Å². The van der Waals surface area contributed by atoms with Gasteiger partial charge in [-0.2, -0.15) is 0 Å². The third kappa shape index (κ3) is 7.03. The predicted molar refractivity (Wildman–Crippen MR) is 94.1 cm³/mol. The monoisotopic (exact) mass is 285 g/mol. The van der Waals surface area contributed by atoms with Crippen LogP contribution in [0.5, 0.6) is 0 Å². The fraction of sp³-hybridized carbons (Fsp3) is 0.667. The van der Waals surface area contributed by atoms with Gasteiger partial charge in [-0.15, -0.1) is 0 Å². The van der Waals surface area contributed by atoms with Crippen molar-refractivity contribution in [1.82, 2.24) is 0 Å². The van der Waals surface area contributed by atoms with Crippen molar-refractivity contribution in [2.24, 2.45) is 11.8 Å². The molecule has 117 valence electrons. The Morgan fingerprint density at radius 3 is 2.81 bits per heavy atom. The summed E-state index contributed by atoms with van der Waals surface area (Å²) in [4.78, 5) is 0. The largest absolute Gasteiger partial charge is 0.0879 e. The van der Waals surface area contributed by atoms with Gasteiger partial charge in [-0.25, -0.2) is 0 Å². The van der Waals surface area contributed by atoms with Crippen molar-refractivity contribution in [3.05, 3.63) is 41.7 Å². The Morgan fingerprint density at radius 1 is 1.24 bits per heavy atom. The standard InChI is InChI=1S/C20H29.CH4/c1-2-3-4-6-12-19-13-9-14-20(17-19)16-15-18-10-7-5-8-11-18;/h6,12-13,17-19H,2-5,7-8,10-11,15-16H2,1H3;1H4/b12-6+;. The van der Waals surface area contributed by atoms with E-state index in [1.165, 1.54) is 69.8 Å². The van der Waals surface area contributed by atoms with Crippen LogP contribution in [0.25, 0.3) is 0 Å². The maximum absolute atomic E-state index is 3.31. The van der Waals surface area contributed by atoms with Gasteiger partial charge >= 0.3 is 0 Å². The Morgan fingerprint density at radius 2 is 2.05 bits per heavy atom. The molecule has 0 nitrogen and oxygen atoms in total. The molecule has 0 spiro atoms. The van der Waals surface area contributed by atoms with E-state index in [0.717, 1.165) is 5.92 Å². The predicted octanol–water partition coefficient (Wildman–Crippen LogP) is 6.80. The van der Waals surface area contributed by atoms with Crippen LogP contribution in [0.15, 0.2) is 35.3 Å². The zero-order valence-electron chi connectivity index (χ0n) is 13.0. The Bertz CT molecular complexity index is 394. The molecule has 1 fully saturated rings. The molecule has 2 aliphatic rings. The van der Waals surface area contributed by atoms with Gasteiger partial charge in [0, 0.05) is 12.3 Å². The SMILES string of the molecule is C.CCCC/C=C/C1[CH]C(CCC2CCCCC2)=C=C=C1. The van der Waals surface area contributed by atoms with Crippen LogP contribution in [0, 0.1) is 18.3 Å². The number of hydrogen-bond acceptors (Lipinski definition) is 0. The van der Waals surface area contributed by atoms with Gasteiger partial charge < -0.3 is 0 Å². The molecule has 0 amide bonds. The van der Waals surface area contributed by atoms with Crippen LogP contribution in [0.3, 0.4) is 0 Å². The molecule has 0 aromatic rings. The van der Waals surface area contributed by atoms with Crippen molar-refractivity contribution in [3.63, 3.8) is 0 Å². The number of unbranched alkanes of at least 4 members (excludes halogenated alkanes) is 2. The lowest BCUT2D eigenvalue weighted by atomic mass is 9.84. The Kier molecular flexibility index (Phi) is 9.24. The van der Waals surface area contributed by atoms with E-state index in [4.69, 9.17) is 0 Å². The van der Waals surface area contributed by atoms with Crippen LogP contribution in [0.2, 0.25) is 0 Å². The minimum Gasteiger partial charge on any atom is -0.0879 e. The van der Waals surface area contributed by atoms with Crippen molar-refractivity contribution >= 4 is 0 Å². The summed E-state index contributed by atoms with van der Waals surface area (Å²) in [5, 5.41) is 0. The van der Waals surface area contributed by atoms with Crippen molar-refractivity contribution in [2.75, 3.05) is 0 Å². The van der Waals surface area contributed by atoms with Gasteiger partial charge in [0.15, 0.2) is 0 Å². The summed E-state index contributed by atoms with van der Waals surface area (Å²) in [5.41, 5.74) is 7.91. The van der Waals surface area contributed by atoms with Crippen LogP contribution in [-0.4, -0.2) is 0 Å². The highest BCUT2D eigenvalue weighted by Gasteiger charge is 2.15. The Hall–Kier alpha value is -0.960. The lowest BCUT2D eigenvalue weighted by Crippen LogP contribution is -2.07. The molecule has 0 aromatic carbocycles. The summed E-state index contributed by atoms with van der Waals surface area (Å²) in [6, 6.07) is 0. The van der Waals surface area contributed by atoms with Crippen LogP contribution < -0.4 is 0 Å². The van der Waals surface area contributed by atoms with E-state index in [1.807, 2.05) is 0 Å². The summed E-state index contributed by atoms with van der Waals surface area (Å²) in [5.74, 6) is 1.42. The Balaban J connectivity index is 0.00000220. The third-order valence-electron chi connectivity index (χ3n) is 4.53. The molecule has 21 heavy (non-hydrogen) atoms. The molecule has 1 radical (unpaired) electrons. The maximum Gasteiger partial charge on any atom is 0.0107 e. The molecule has 0 aromatic heterocycles. The number of hydrogen-bond donors (Lipinski definition) is 0. The van der Waals surface area contributed by atoms with Crippen molar-refractivity contribution in [1.29, 1.82) is 0 Å². The summed E-state index contributed by atoms with van der Waals surface area (Å²) in [7, 11) is 0. The second-order valence-corrected chi connectivity index (χ2v) is 6.32. The topological polar surface area (TPSA) is 0 Å². The third-order valence-corrected chi connectivity index (χ3v) is 4.53.